The lowest BCUT2D eigenvalue weighted by atomic mass is 9.67. The van der Waals surface area contributed by atoms with Crippen molar-refractivity contribution in [3.63, 3.8) is 0 Å². The molecule has 3 saturated heterocycles. The first-order valence-electron chi connectivity index (χ1n) is 16.7. The monoisotopic (exact) mass is 596 g/mol. The molecule has 0 radical (unpaired) electrons. The van der Waals surface area contributed by atoms with Gasteiger partial charge in [-0.05, 0) is 56.8 Å². The summed E-state index contributed by atoms with van der Waals surface area (Å²) in [5, 5.41) is 2.97. The predicted molar refractivity (Wildman–Crippen MR) is 155 cm³/mol. The number of nitrogens with one attached hydrogen (secondary N) is 1. The number of nitrogens with two attached hydrogens (primary N) is 1. The van der Waals surface area contributed by atoms with Crippen LogP contribution in [0.1, 0.15) is 57.8 Å². The number of hydrogen-bond donors (Lipinski definition) is 2. The minimum Gasteiger partial charge on any atom is -0.374 e. The van der Waals surface area contributed by atoms with E-state index in [2.05, 4.69) is 20.1 Å². The summed E-state index contributed by atoms with van der Waals surface area (Å²) in [6.45, 7) is 2.56. The van der Waals surface area contributed by atoms with Gasteiger partial charge in [-0.2, -0.15) is 0 Å². The van der Waals surface area contributed by atoms with Gasteiger partial charge in [0, 0.05) is 56.7 Å². The minimum atomic E-state index is -1.22. The number of ether oxygens (including phenoxy) is 2. The highest BCUT2D eigenvalue weighted by Gasteiger charge is 2.62. The summed E-state index contributed by atoms with van der Waals surface area (Å²) in [4.78, 5) is 35.9. The van der Waals surface area contributed by atoms with Crippen molar-refractivity contribution in [1.29, 1.82) is 0 Å². The quantitative estimate of drug-likeness (QED) is 0.378. The number of aromatic nitrogens is 2. The number of carbonyl (C=O) groups excluding carboxylic acids is 2. The van der Waals surface area contributed by atoms with Crippen LogP contribution >= 0.6 is 0 Å². The molecule has 0 spiro atoms. The van der Waals surface area contributed by atoms with Crippen molar-refractivity contribution in [1.82, 2.24) is 24.7 Å². The van der Waals surface area contributed by atoms with E-state index in [1.54, 1.807) is 12.5 Å². The smallest absolute Gasteiger partial charge is 0.256 e. The summed E-state index contributed by atoms with van der Waals surface area (Å²) < 4.78 is 31.9. The molecule has 7 aliphatic rings. The van der Waals surface area contributed by atoms with Crippen molar-refractivity contribution in [2.75, 3.05) is 19.6 Å². The average Bonchev–Trinajstić information content (AvgIpc) is 3.76. The van der Waals surface area contributed by atoms with Gasteiger partial charge in [0.25, 0.3) is 5.91 Å². The lowest BCUT2D eigenvalue weighted by Gasteiger charge is -2.61. The van der Waals surface area contributed by atoms with Crippen molar-refractivity contribution in [2.45, 2.75) is 119 Å². The van der Waals surface area contributed by atoms with Crippen molar-refractivity contribution >= 4 is 11.7 Å². The number of morpholine rings is 1. The molecule has 5 heterocycles. The molecule has 6 fully saturated rings. The van der Waals surface area contributed by atoms with E-state index in [0.717, 1.165) is 45.2 Å². The molecule has 234 valence electrons. The Morgan fingerprint density at radius 3 is 2.77 bits per heavy atom. The molecule has 0 aromatic carbocycles. The normalized spacial score (nSPS) is 43.8. The zero-order valence-electron chi connectivity index (χ0n) is 24.8. The van der Waals surface area contributed by atoms with Gasteiger partial charge in [-0.1, -0.05) is 12.8 Å². The highest BCUT2D eigenvalue weighted by atomic mass is 19.1. The Balaban J connectivity index is 1.08. The second kappa shape index (κ2) is 11.2. The predicted octanol–water partition coefficient (Wildman–Crippen LogP) is 1.79. The van der Waals surface area contributed by atoms with Crippen molar-refractivity contribution < 1.29 is 23.5 Å². The van der Waals surface area contributed by atoms with E-state index >= 15 is 4.39 Å². The Kier molecular flexibility index (Phi) is 7.35. The fourth-order valence-electron chi connectivity index (χ4n) is 9.86. The SMILES string of the molecule is NC1CCN(C2C(F)CC3C(=O)C(C(=O)NCCCn4ccnc4)=CN4C5CC6OC7CCCCC7C6CC5OC2C34)C1. The summed E-state index contributed by atoms with van der Waals surface area (Å²) in [7, 11) is 0. The Hall–Kier alpha value is -2.34. The van der Waals surface area contributed by atoms with Gasteiger partial charge in [-0.15, -0.1) is 0 Å². The molecule has 12 atom stereocenters. The molecule has 12 unspecified atom stereocenters. The second-order valence-electron chi connectivity index (χ2n) is 14.2. The largest absolute Gasteiger partial charge is 0.374 e. The molecule has 3 N–H and O–H groups in total. The standard InChI is InChI=1S/C32H45FN6O4/c33-23-12-21-28-31(29(23)38-10-6-18(34)15-38)43-27-13-20-19-4-1-2-5-25(19)42-26(20)14-24(27)39(28)16-22(30(21)40)32(41)36-7-3-9-37-11-8-35-17-37/h8,11,16-21,23-29,31H,1-7,9-10,12-15,34H2,(H,36,41). The zero-order valence-corrected chi connectivity index (χ0v) is 24.8. The molecule has 0 bridgehead atoms. The van der Waals surface area contributed by atoms with Crippen LogP contribution in [0.15, 0.2) is 30.5 Å². The molecule has 1 aromatic rings. The van der Waals surface area contributed by atoms with E-state index < -0.39 is 24.2 Å². The first kappa shape index (κ1) is 28.2. The van der Waals surface area contributed by atoms with Crippen LogP contribution in [0.4, 0.5) is 4.39 Å². The summed E-state index contributed by atoms with van der Waals surface area (Å²) in [6, 6.07) is -0.692. The highest BCUT2D eigenvalue weighted by molar-refractivity contribution is 6.20. The van der Waals surface area contributed by atoms with Crippen LogP contribution in [-0.2, 0) is 25.6 Å². The van der Waals surface area contributed by atoms with Gasteiger partial charge in [0.1, 0.15) is 6.17 Å². The van der Waals surface area contributed by atoms with Gasteiger partial charge in [0.05, 0.1) is 54.4 Å². The number of hydrogen-bond acceptors (Lipinski definition) is 8. The molecular weight excluding hydrogens is 551 g/mol. The van der Waals surface area contributed by atoms with Gasteiger partial charge < -0.3 is 30.0 Å². The maximum atomic E-state index is 16.3. The van der Waals surface area contributed by atoms with Gasteiger partial charge in [-0.25, -0.2) is 9.37 Å². The number of carbonyl (C=O) groups is 2. The van der Waals surface area contributed by atoms with E-state index in [-0.39, 0.29) is 54.0 Å². The molecule has 1 amide bonds. The van der Waals surface area contributed by atoms with E-state index in [1.807, 2.05) is 17.0 Å². The molecule has 1 aromatic heterocycles. The Labute approximate surface area is 252 Å². The van der Waals surface area contributed by atoms with Crippen LogP contribution in [0.5, 0.6) is 0 Å². The van der Waals surface area contributed by atoms with Crippen molar-refractivity contribution in [2.24, 2.45) is 23.5 Å². The Bertz CT molecular complexity index is 1240. The number of imidazole rings is 1. The summed E-state index contributed by atoms with van der Waals surface area (Å²) in [6.07, 6.45) is 14.1. The van der Waals surface area contributed by atoms with Crippen LogP contribution < -0.4 is 11.1 Å². The Morgan fingerprint density at radius 1 is 1.07 bits per heavy atom. The van der Waals surface area contributed by atoms with Gasteiger partial charge >= 0.3 is 0 Å². The molecule has 43 heavy (non-hydrogen) atoms. The van der Waals surface area contributed by atoms with Gasteiger partial charge in [0.2, 0.25) is 0 Å². The second-order valence-corrected chi connectivity index (χ2v) is 14.2. The van der Waals surface area contributed by atoms with E-state index in [4.69, 9.17) is 15.2 Å². The van der Waals surface area contributed by atoms with Gasteiger partial charge in [0.15, 0.2) is 5.78 Å². The highest BCUT2D eigenvalue weighted by Crippen LogP contribution is 2.53. The maximum absolute atomic E-state index is 16.3. The van der Waals surface area contributed by atoms with Crippen molar-refractivity contribution in [3.8, 4) is 0 Å². The number of amides is 1. The molecule has 3 aliphatic carbocycles. The molecule has 3 saturated carbocycles. The number of rotatable bonds is 6. The van der Waals surface area contributed by atoms with Crippen LogP contribution in [0, 0.1) is 17.8 Å². The number of Topliss-reactive ketones (excluding diaryl/α,β-unsaturated/α-hetero) is 1. The van der Waals surface area contributed by atoms with E-state index in [0.29, 0.717) is 31.0 Å². The number of alkyl halides is 1. The number of ketones is 1. The molecule has 10 nitrogen and oxygen atoms in total. The van der Waals surface area contributed by atoms with Crippen LogP contribution in [-0.4, -0.2) is 105 Å². The van der Waals surface area contributed by atoms with Crippen LogP contribution in [0.2, 0.25) is 0 Å². The third kappa shape index (κ3) is 4.85. The van der Waals surface area contributed by atoms with Gasteiger partial charge in [-0.3, -0.25) is 14.5 Å². The third-order valence-corrected chi connectivity index (χ3v) is 11.8. The summed E-state index contributed by atoms with van der Waals surface area (Å²) >= 11 is 0. The summed E-state index contributed by atoms with van der Waals surface area (Å²) in [5.41, 5.74) is 6.43. The molecular formula is C32H45FN6O4. The molecule has 11 heteroatoms. The summed E-state index contributed by atoms with van der Waals surface area (Å²) in [5.74, 6) is -0.209. The topological polar surface area (TPSA) is 115 Å². The number of fused-ring (bicyclic) bond motifs is 5. The minimum absolute atomic E-state index is 0.0000553. The maximum Gasteiger partial charge on any atom is 0.256 e. The number of halogens is 1. The van der Waals surface area contributed by atoms with E-state index in [1.165, 1.54) is 19.3 Å². The van der Waals surface area contributed by atoms with Crippen LogP contribution in [0.3, 0.4) is 0 Å². The molecule has 8 rings (SSSR count). The number of aryl methyl sites for hydroxylation is 1. The first-order chi connectivity index (χ1) is 21.0. The first-order valence-corrected chi connectivity index (χ1v) is 16.7. The lowest BCUT2D eigenvalue weighted by molar-refractivity contribution is -0.220. The number of likely N-dealkylation sites (tertiary alicyclic amines) is 1. The molecule has 4 aliphatic heterocycles. The Morgan fingerprint density at radius 2 is 1.95 bits per heavy atom. The van der Waals surface area contributed by atoms with E-state index in [9.17, 15) is 9.59 Å². The number of nitrogens with zero attached hydrogens (tertiary/aromatic N) is 4. The average molecular weight is 597 g/mol. The fraction of sp³-hybridized carbons (Fsp3) is 0.781. The fourth-order valence-corrected chi connectivity index (χ4v) is 9.86. The third-order valence-electron chi connectivity index (χ3n) is 11.8. The van der Waals surface area contributed by atoms with Crippen LogP contribution in [0.25, 0.3) is 0 Å². The van der Waals surface area contributed by atoms with Crippen molar-refractivity contribution in [3.05, 3.63) is 30.5 Å². The zero-order chi connectivity index (χ0) is 29.2. The lowest BCUT2D eigenvalue weighted by Crippen LogP contribution is -2.73.